The smallest absolute Gasteiger partial charge is 0.338 e. The standard InChI is InChI=1S/C29H34N2O3/c1-4-6-18-31(19-7-5-2)21-16-17-25-27(20-21)34-26-15-11-10-14-24(26)29(25,30)23-13-9-8-12-22(23)28(32)33-3/h8-17,20H,4-7,18-19,30H2,1-3H3. The van der Waals surface area contributed by atoms with Crippen molar-refractivity contribution in [1.29, 1.82) is 0 Å². The van der Waals surface area contributed by atoms with Gasteiger partial charge in [-0.25, -0.2) is 4.79 Å². The SMILES string of the molecule is CCCCN(CCCC)c1ccc2c(c1)Oc1ccccc1C2(N)c1ccccc1C(=O)OC. The van der Waals surface area contributed by atoms with Crippen molar-refractivity contribution in [2.75, 3.05) is 25.1 Å². The van der Waals surface area contributed by atoms with E-state index in [-0.39, 0.29) is 0 Å². The second kappa shape index (κ2) is 10.3. The molecule has 1 aliphatic rings. The Morgan fingerprint density at radius 1 is 0.882 bits per heavy atom. The Labute approximate surface area is 202 Å². The van der Waals surface area contributed by atoms with E-state index in [0.717, 1.165) is 61.3 Å². The lowest BCUT2D eigenvalue weighted by molar-refractivity contribution is 0.0598. The lowest BCUT2D eigenvalue weighted by Gasteiger charge is -2.39. The van der Waals surface area contributed by atoms with E-state index in [1.807, 2.05) is 42.5 Å². The lowest BCUT2D eigenvalue weighted by atomic mass is 9.74. The third-order valence-corrected chi connectivity index (χ3v) is 6.61. The number of benzene rings is 3. The van der Waals surface area contributed by atoms with Crippen LogP contribution in [0.4, 0.5) is 5.69 Å². The molecular formula is C29H34N2O3. The summed E-state index contributed by atoms with van der Waals surface area (Å²) in [5.41, 5.74) is 10.1. The summed E-state index contributed by atoms with van der Waals surface area (Å²) < 4.78 is 11.5. The molecule has 0 aliphatic carbocycles. The van der Waals surface area contributed by atoms with Crippen molar-refractivity contribution in [2.24, 2.45) is 5.73 Å². The molecule has 3 aromatic carbocycles. The number of nitrogens with zero attached hydrogens (tertiary/aromatic N) is 1. The number of methoxy groups -OCH3 is 1. The van der Waals surface area contributed by atoms with Gasteiger partial charge in [0.05, 0.1) is 12.7 Å². The summed E-state index contributed by atoms with van der Waals surface area (Å²) in [6, 6.07) is 21.5. The first-order valence-electron chi connectivity index (χ1n) is 12.2. The minimum atomic E-state index is -1.06. The Balaban J connectivity index is 1.88. The Morgan fingerprint density at radius 3 is 2.18 bits per heavy atom. The van der Waals surface area contributed by atoms with Crippen LogP contribution in [0.25, 0.3) is 0 Å². The summed E-state index contributed by atoms with van der Waals surface area (Å²) in [5.74, 6) is 1.01. The lowest BCUT2D eigenvalue weighted by Crippen LogP contribution is -2.43. The van der Waals surface area contributed by atoms with Crippen molar-refractivity contribution < 1.29 is 14.3 Å². The summed E-state index contributed by atoms with van der Waals surface area (Å²) in [6.45, 7) is 6.44. The molecule has 0 fully saturated rings. The molecule has 0 saturated carbocycles. The van der Waals surface area contributed by atoms with E-state index in [9.17, 15) is 4.79 Å². The van der Waals surface area contributed by atoms with Crippen molar-refractivity contribution in [3.05, 3.63) is 89.0 Å². The highest BCUT2D eigenvalue weighted by Crippen LogP contribution is 2.50. The normalized spacial score (nSPS) is 16.2. The quantitative estimate of drug-likeness (QED) is 0.385. The molecule has 1 heterocycles. The van der Waals surface area contributed by atoms with E-state index in [1.165, 1.54) is 7.11 Å². The van der Waals surface area contributed by atoms with Gasteiger partial charge in [-0.1, -0.05) is 69.2 Å². The molecule has 1 aliphatic heterocycles. The second-order valence-corrected chi connectivity index (χ2v) is 8.82. The molecule has 0 amide bonds. The zero-order valence-electron chi connectivity index (χ0n) is 20.3. The maximum absolute atomic E-state index is 12.7. The summed E-state index contributed by atoms with van der Waals surface area (Å²) in [6.07, 6.45) is 4.57. The van der Waals surface area contributed by atoms with Gasteiger partial charge in [0, 0.05) is 36.0 Å². The van der Waals surface area contributed by atoms with Crippen LogP contribution in [0.3, 0.4) is 0 Å². The largest absolute Gasteiger partial charge is 0.465 e. The van der Waals surface area contributed by atoms with Crippen molar-refractivity contribution in [1.82, 2.24) is 0 Å². The molecule has 34 heavy (non-hydrogen) atoms. The molecule has 2 N–H and O–H groups in total. The Kier molecular flexibility index (Phi) is 7.23. The number of nitrogens with two attached hydrogens (primary N) is 1. The number of fused-ring (bicyclic) bond motifs is 2. The van der Waals surface area contributed by atoms with Crippen LogP contribution in [0.5, 0.6) is 11.5 Å². The molecule has 0 spiro atoms. The number of para-hydroxylation sites is 1. The first-order chi connectivity index (χ1) is 16.5. The van der Waals surface area contributed by atoms with Crippen molar-refractivity contribution in [2.45, 2.75) is 45.1 Å². The van der Waals surface area contributed by atoms with Crippen molar-refractivity contribution in [3.63, 3.8) is 0 Å². The first-order valence-corrected chi connectivity index (χ1v) is 12.2. The molecule has 178 valence electrons. The molecule has 0 radical (unpaired) electrons. The van der Waals surface area contributed by atoms with Crippen LogP contribution in [0, 0.1) is 0 Å². The first kappa shape index (κ1) is 23.8. The maximum atomic E-state index is 12.7. The molecule has 5 heteroatoms. The minimum Gasteiger partial charge on any atom is -0.465 e. The number of carbonyl (C=O) groups excluding carboxylic acids is 1. The van der Waals surface area contributed by atoms with Gasteiger partial charge in [0.1, 0.15) is 17.0 Å². The van der Waals surface area contributed by atoms with Gasteiger partial charge in [-0.2, -0.15) is 0 Å². The topological polar surface area (TPSA) is 64.8 Å². The fourth-order valence-electron chi connectivity index (χ4n) is 4.74. The van der Waals surface area contributed by atoms with Crippen LogP contribution in [-0.4, -0.2) is 26.2 Å². The molecule has 5 nitrogen and oxygen atoms in total. The number of unbranched alkanes of at least 4 members (excludes halogenated alkanes) is 2. The number of esters is 1. The molecule has 3 aromatic rings. The van der Waals surface area contributed by atoms with Gasteiger partial charge in [0.15, 0.2) is 0 Å². The minimum absolute atomic E-state index is 0.409. The van der Waals surface area contributed by atoms with E-state index in [2.05, 4.69) is 36.9 Å². The number of hydrogen-bond donors (Lipinski definition) is 1. The van der Waals surface area contributed by atoms with Gasteiger partial charge in [-0.15, -0.1) is 0 Å². The predicted molar refractivity (Wildman–Crippen MR) is 137 cm³/mol. The molecule has 4 rings (SSSR count). The summed E-state index contributed by atoms with van der Waals surface area (Å²) in [5, 5.41) is 0. The van der Waals surface area contributed by atoms with Gasteiger partial charge in [-0.3, -0.25) is 0 Å². The zero-order valence-corrected chi connectivity index (χ0v) is 20.3. The van der Waals surface area contributed by atoms with Gasteiger partial charge < -0.3 is 20.1 Å². The van der Waals surface area contributed by atoms with E-state index in [1.54, 1.807) is 6.07 Å². The number of carbonyl (C=O) groups is 1. The van der Waals surface area contributed by atoms with E-state index in [0.29, 0.717) is 16.9 Å². The van der Waals surface area contributed by atoms with Gasteiger partial charge in [-0.05, 0) is 36.6 Å². The number of ether oxygens (including phenoxy) is 2. The van der Waals surface area contributed by atoms with Crippen LogP contribution < -0.4 is 15.4 Å². The molecule has 1 atom stereocenters. The number of rotatable bonds is 9. The fourth-order valence-corrected chi connectivity index (χ4v) is 4.74. The van der Waals surface area contributed by atoms with Crippen molar-refractivity contribution in [3.8, 4) is 11.5 Å². The van der Waals surface area contributed by atoms with Crippen LogP contribution in [0.15, 0.2) is 66.7 Å². The van der Waals surface area contributed by atoms with Crippen molar-refractivity contribution >= 4 is 11.7 Å². The Bertz CT molecular complexity index is 1150. The van der Waals surface area contributed by atoms with E-state index in [4.69, 9.17) is 15.2 Å². The highest BCUT2D eigenvalue weighted by atomic mass is 16.5. The number of hydrogen-bond acceptors (Lipinski definition) is 5. The number of anilines is 1. The highest BCUT2D eigenvalue weighted by molar-refractivity contribution is 5.92. The maximum Gasteiger partial charge on any atom is 0.338 e. The van der Waals surface area contributed by atoms with E-state index < -0.39 is 11.5 Å². The zero-order chi connectivity index (χ0) is 24.1. The molecule has 0 aromatic heterocycles. The van der Waals surface area contributed by atoms with Gasteiger partial charge in [0.25, 0.3) is 0 Å². The Hall–Kier alpha value is -3.31. The van der Waals surface area contributed by atoms with Crippen LogP contribution in [0.1, 0.15) is 66.6 Å². The average molecular weight is 459 g/mol. The van der Waals surface area contributed by atoms with Crippen LogP contribution >= 0.6 is 0 Å². The van der Waals surface area contributed by atoms with Gasteiger partial charge >= 0.3 is 5.97 Å². The molecule has 1 unspecified atom stereocenters. The fraction of sp³-hybridized carbons (Fsp3) is 0.345. The molecule has 0 bridgehead atoms. The van der Waals surface area contributed by atoms with E-state index >= 15 is 0 Å². The molecular weight excluding hydrogens is 424 g/mol. The highest BCUT2D eigenvalue weighted by Gasteiger charge is 2.42. The third kappa shape index (κ3) is 4.28. The molecule has 0 saturated heterocycles. The van der Waals surface area contributed by atoms with Crippen LogP contribution in [-0.2, 0) is 10.3 Å². The Morgan fingerprint density at radius 2 is 1.50 bits per heavy atom. The summed E-state index contributed by atoms with van der Waals surface area (Å²) in [7, 11) is 1.39. The monoisotopic (exact) mass is 458 g/mol. The average Bonchev–Trinajstić information content (AvgIpc) is 2.88. The van der Waals surface area contributed by atoms with Crippen LogP contribution in [0.2, 0.25) is 0 Å². The predicted octanol–water partition coefficient (Wildman–Crippen LogP) is 6.24. The summed E-state index contributed by atoms with van der Waals surface area (Å²) >= 11 is 0. The second-order valence-electron chi connectivity index (χ2n) is 8.82. The van der Waals surface area contributed by atoms with Gasteiger partial charge in [0.2, 0.25) is 0 Å². The summed E-state index contributed by atoms with van der Waals surface area (Å²) in [4.78, 5) is 15.1. The third-order valence-electron chi connectivity index (χ3n) is 6.61.